The fourth-order valence-electron chi connectivity index (χ4n) is 2.89. The molecule has 1 aliphatic carbocycles. The number of carbonyl (C=O) groups is 1. The normalized spacial score (nSPS) is 21.8. The number of carbonyl (C=O) groups excluding carboxylic acids is 1. The van der Waals surface area contributed by atoms with E-state index in [1.807, 2.05) is 24.3 Å². The monoisotopic (exact) mass is 320 g/mol. The van der Waals surface area contributed by atoms with Crippen molar-refractivity contribution < 1.29 is 19.0 Å². The van der Waals surface area contributed by atoms with Gasteiger partial charge in [-0.25, -0.2) is 4.79 Å². The summed E-state index contributed by atoms with van der Waals surface area (Å²) in [6.45, 7) is 2.14. The van der Waals surface area contributed by atoms with Gasteiger partial charge in [0.25, 0.3) is 0 Å². The third-order valence-electron chi connectivity index (χ3n) is 4.11. The van der Waals surface area contributed by atoms with Crippen LogP contribution in [-0.4, -0.2) is 44.6 Å². The lowest BCUT2D eigenvalue weighted by Crippen LogP contribution is -2.41. The number of nitrogens with one attached hydrogen (secondary N) is 2. The number of anilines is 1. The molecule has 1 aliphatic heterocycles. The Morgan fingerprint density at radius 1 is 1.22 bits per heavy atom. The van der Waals surface area contributed by atoms with E-state index in [9.17, 15) is 4.79 Å². The van der Waals surface area contributed by atoms with Crippen molar-refractivity contribution in [2.24, 2.45) is 0 Å². The van der Waals surface area contributed by atoms with E-state index in [1.165, 1.54) is 12.8 Å². The molecule has 2 aliphatic rings. The second-order valence-corrected chi connectivity index (χ2v) is 5.92. The van der Waals surface area contributed by atoms with Gasteiger partial charge in [-0.15, -0.1) is 0 Å². The summed E-state index contributed by atoms with van der Waals surface area (Å²) in [6, 6.07) is 7.29. The summed E-state index contributed by atoms with van der Waals surface area (Å²) in [5, 5.41) is 5.66. The topological polar surface area (TPSA) is 68.8 Å². The maximum absolute atomic E-state index is 12.1. The van der Waals surface area contributed by atoms with Crippen LogP contribution in [0.25, 0.3) is 0 Å². The Morgan fingerprint density at radius 2 is 2.04 bits per heavy atom. The van der Waals surface area contributed by atoms with Crippen LogP contribution in [-0.2, 0) is 9.47 Å². The number of ether oxygens (including phenoxy) is 3. The molecule has 1 heterocycles. The molecule has 0 bridgehead atoms. The number of urea groups is 1. The van der Waals surface area contributed by atoms with Crippen molar-refractivity contribution in [2.45, 2.75) is 37.9 Å². The molecule has 1 aromatic carbocycles. The van der Waals surface area contributed by atoms with E-state index in [-0.39, 0.29) is 18.2 Å². The van der Waals surface area contributed by atoms with Crippen molar-refractivity contribution in [3.8, 4) is 5.75 Å². The summed E-state index contributed by atoms with van der Waals surface area (Å²) in [5.41, 5.74) is 0.692. The molecular weight excluding hydrogens is 296 g/mol. The summed E-state index contributed by atoms with van der Waals surface area (Å²) < 4.78 is 16.8. The maximum Gasteiger partial charge on any atom is 0.319 e. The molecule has 6 nitrogen and oxygen atoms in total. The summed E-state index contributed by atoms with van der Waals surface area (Å²) in [6.07, 6.45) is 4.77. The predicted octanol–water partition coefficient (Wildman–Crippen LogP) is 2.54. The second-order valence-electron chi connectivity index (χ2n) is 5.92. The highest BCUT2D eigenvalue weighted by atomic mass is 16.6. The molecule has 2 N–H and O–H groups in total. The number of benzene rings is 1. The van der Waals surface area contributed by atoms with Gasteiger partial charge >= 0.3 is 6.03 Å². The summed E-state index contributed by atoms with van der Waals surface area (Å²) in [4.78, 5) is 12.1. The molecule has 0 spiro atoms. The van der Waals surface area contributed by atoms with Crippen LogP contribution in [0.15, 0.2) is 24.3 Å². The molecule has 0 aromatic heterocycles. The number of hydrogen-bond acceptors (Lipinski definition) is 4. The standard InChI is InChI=1S/C17H24N2O4/c20-17(18-11-14-12-21-9-10-22-14)19-15-7-3-4-8-16(15)23-13-5-1-2-6-13/h3-4,7-8,13-14H,1-2,5-6,9-12H2,(H2,18,19,20)/t14-/m0/s1. The van der Waals surface area contributed by atoms with E-state index in [0.29, 0.717) is 32.1 Å². The van der Waals surface area contributed by atoms with Crippen LogP contribution < -0.4 is 15.4 Å². The second kappa shape index (κ2) is 8.17. The first-order valence-electron chi connectivity index (χ1n) is 8.31. The third kappa shape index (κ3) is 4.84. The van der Waals surface area contributed by atoms with Crippen LogP contribution in [0.3, 0.4) is 0 Å². The quantitative estimate of drug-likeness (QED) is 0.875. The Balaban J connectivity index is 1.50. The van der Waals surface area contributed by atoms with Gasteiger partial charge in [-0.3, -0.25) is 0 Å². The SMILES string of the molecule is O=C(NC[C@H]1COCCO1)Nc1ccccc1OC1CCCC1. The molecule has 0 unspecified atom stereocenters. The Labute approximate surface area is 136 Å². The smallest absolute Gasteiger partial charge is 0.319 e. The number of amides is 2. The van der Waals surface area contributed by atoms with E-state index in [2.05, 4.69) is 10.6 Å². The number of hydrogen-bond donors (Lipinski definition) is 2. The Kier molecular flexibility index (Phi) is 5.71. The summed E-state index contributed by atoms with van der Waals surface area (Å²) in [7, 11) is 0. The highest BCUT2D eigenvalue weighted by Gasteiger charge is 2.19. The van der Waals surface area contributed by atoms with Gasteiger partial charge in [-0.2, -0.15) is 0 Å². The van der Waals surface area contributed by atoms with Crippen molar-refractivity contribution in [1.29, 1.82) is 0 Å². The summed E-state index contributed by atoms with van der Waals surface area (Å²) in [5.74, 6) is 0.729. The van der Waals surface area contributed by atoms with Gasteiger partial charge in [0.1, 0.15) is 5.75 Å². The number of rotatable bonds is 5. The molecule has 2 fully saturated rings. The lowest BCUT2D eigenvalue weighted by molar-refractivity contribution is -0.0852. The third-order valence-corrected chi connectivity index (χ3v) is 4.11. The molecule has 23 heavy (non-hydrogen) atoms. The predicted molar refractivity (Wildman–Crippen MR) is 86.9 cm³/mol. The highest BCUT2D eigenvalue weighted by Crippen LogP contribution is 2.29. The molecule has 6 heteroatoms. The van der Waals surface area contributed by atoms with Crippen LogP contribution in [0.5, 0.6) is 5.75 Å². The first-order chi connectivity index (χ1) is 11.3. The average molecular weight is 320 g/mol. The van der Waals surface area contributed by atoms with Crippen LogP contribution in [0.1, 0.15) is 25.7 Å². The maximum atomic E-state index is 12.1. The average Bonchev–Trinajstić information content (AvgIpc) is 3.09. The molecule has 126 valence electrons. The zero-order chi connectivity index (χ0) is 15.9. The van der Waals surface area contributed by atoms with E-state index in [0.717, 1.165) is 18.6 Å². The van der Waals surface area contributed by atoms with Crippen LogP contribution in [0.4, 0.5) is 10.5 Å². The van der Waals surface area contributed by atoms with Gasteiger partial charge in [-0.1, -0.05) is 12.1 Å². The van der Waals surface area contributed by atoms with Gasteiger partial charge in [0.2, 0.25) is 0 Å². The minimum Gasteiger partial charge on any atom is -0.488 e. The lowest BCUT2D eigenvalue weighted by Gasteiger charge is -2.23. The van der Waals surface area contributed by atoms with Gasteiger partial charge in [0, 0.05) is 6.54 Å². The van der Waals surface area contributed by atoms with Crippen molar-refractivity contribution in [1.82, 2.24) is 5.32 Å². The first kappa shape index (κ1) is 16.1. The minimum absolute atomic E-state index is 0.0838. The molecule has 0 radical (unpaired) electrons. The minimum atomic E-state index is -0.262. The number of para-hydroxylation sites is 2. The van der Waals surface area contributed by atoms with Gasteiger partial charge in [-0.05, 0) is 37.8 Å². The van der Waals surface area contributed by atoms with E-state index in [1.54, 1.807) is 0 Å². The Hall–Kier alpha value is -1.79. The highest BCUT2D eigenvalue weighted by molar-refractivity contribution is 5.90. The molecular formula is C17H24N2O4. The molecule has 1 saturated heterocycles. The molecule has 1 aromatic rings. The fraction of sp³-hybridized carbons (Fsp3) is 0.588. The van der Waals surface area contributed by atoms with Crippen molar-refractivity contribution in [3.63, 3.8) is 0 Å². The molecule has 1 saturated carbocycles. The fourth-order valence-corrected chi connectivity index (χ4v) is 2.89. The Morgan fingerprint density at radius 3 is 2.83 bits per heavy atom. The lowest BCUT2D eigenvalue weighted by atomic mass is 10.2. The van der Waals surface area contributed by atoms with Gasteiger partial charge < -0.3 is 24.8 Å². The van der Waals surface area contributed by atoms with Crippen LogP contribution in [0, 0.1) is 0 Å². The largest absolute Gasteiger partial charge is 0.488 e. The van der Waals surface area contributed by atoms with E-state index >= 15 is 0 Å². The molecule has 3 rings (SSSR count). The van der Waals surface area contributed by atoms with Gasteiger partial charge in [0.15, 0.2) is 0 Å². The zero-order valence-electron chi connectivity index (χ0n) is 13.3. The first-order valence-corrected chi connectivity index (χ1v) is 8.31. The van der Waals surface area contributed by atoms with Crippen LogP contribution in [0.2, 0.25) is 0 Å². The molecule has 1 atom stereocenters. The van der Waals surface area contributed by atoms with E-state index < -0.39 is 0 Å². The van der Waals surface area contributed by atoms with Crippen molar-refractivity contribution in [3.05, 3.63) is 24.3 Å². The zero-order valence-corrected chi connectivity index (χ0v) is 13.3. The van der Waals surface area contributed by atoms with Crippen molar-refractivity contribution >= 4 is 11.7 Å². The Bertz CT molecular complexity index is 511. The molecule has 2 amide bonds. The van der Waals surface area contributed by atoms with Gasteiger partial charge in [0.05, 0.1) is 37.7 Å². The van der Waals surface area contributed by atoms with Crippen molar-refractivity contribution in [2.75, 3.05) is 31.7 Å². The van der Waals surface area contributed by atoms with Crippen LogP contribution >= 0.6 is 0 Å². The van der Waals surface area contributed by atoms with E-state index in [4.69, 9.17) is 14.2 Å². The summed E-state index contributed by atoms with van der Waals surface area (Å²) >= 11 is 0.